The molecule has 0 spiro atoms. The Bertz CT molecular complexity index is 960. The number of thioether (sulfide) groups is 1. The maximum atomic E-state index is 12.6. The summed E-state index contributed by atoms with van der Waals surface area (Å²) < 4.78 is 5.38. The number of nitrogens with one attached hydrogen (secondary N) is 1. The third-order valence-corrected chi connectivity index (χ3v) is 7.08. The van der Waals surface area contributed by atoms with Crippen LogP contribution >= 0.6 is 58.2 Å². The van der Waals surface area contributed by atoms with Gasteiger partial charge in [0.1, 0.15) is 12.0 Å². The van der Waals surface area contributed by atoms with Crippen LogP contribution in [0.15, 0.2) is 36.4 Å². The molecule has 2 atom stereocenters. The summed E-state index contributed by atoms with van der Waals surface area (Å²) in [5.74, 6) is 0.298. The van der Waals surface area contributed by atoms with Gasteiger partial charge in [-0.15, -0.1) is 11.8 Å². The summed E-state index contributed by atoms with van der Waals surface area (Å²) in [5.41, 5.74) is 1.26. The van der Waals surface area contributed by atoms with Gasteiger partial charge in [-0.2, -0.15) is 0 Å². The summed E-state index contributed by atoms with van der Waals surface area (Å²) in [7, 11) is 0. The van der Waals surface area contributed by atoms with Gasteiger partial charge in [-0.25, -0.2) is 4.79 Å². The molecule has 30 heavy (non-hydrogen) atoms. The number of amides is 2. The number of hydrogen-bond acceptors (Lipinski definition) is 4. The van der Waals surface area contributed by atoms with Gasteiger partial charge < -0.3 is 9.64 Å². The topological polar surface area (TPSA) is 58.6 Å². The smallest absolute Gasteiger partial charge is 0.411 e. The highest BCUT2D eigenvalue weighted by Crippen LogP contribution is 2.43. The van der Waals surface area contributed by atoms with E-state index >= 15 is 0 Å². The van der Waals surface area contributed by atoms with Crippen LogP contribution in [-0.4, -0.2) is 35.3 Å². The Morgan fingerprint density at radius 2 is 1.93 bits per heavy atom. The molecule has 1 heterocycles. The number of benzene rings is 2. The second-order valence-electron chi connectivity index (χ2n) is 6.54. The maximum absolute atomic E-state index is 12.6. The first kappa shape index (κ1) is 23.4. The molecule has 0 bridgehead atoms. The molecular formula is C20H18Cl4N2O3S. The number of halogens is 4. The van der Waals surface area contributed by atoms with E-state index < -0.39 is 6.09 Å². The van der Waals surface area contributed by atoms with Crippen LogP contribution in [0.3, 0.4) is 0 Å². The molecule has 1 fully saturated rings. The number of ether oxygens (including phenoxy) is 1. The zero-order valence-electron chi connectivity index (χ0n) is 15.8. The predicted octanol–water partition coefficient (Wildman–Crippen LogP) is 6.90. The molecule has 0 radical (unpaired) electrons. The van der Waals surface area contributed by atoms with Gasteiger partial charge in [0.05, 0.1) is 21.8 Å². The fourth-order valence-electron chi connectivity index (χ4n) is 3.07. The molecule has 2 aromatic rings. The molecule has 0 aliphatic carbocycles. The van der Waals surface area contributed by atoms with Crippen molar-refractivity contribution in [2.45, 2.75) is 24.8 Å². The normalized spacial score (nSPS) is 17.2. The van der Waals surface area contributed by atoms with E-state index in [1.807, 2.05) is 13.0 Å². The van der Waals surface area contributed by atoms with E-state index in [2.05, 4.69) is 5.32 Å². The number of rotatable bonds is 6. The average molecular weight is 508 g/mol. The van der Waals surface area contributed by atoms with Crippen molar-refractivity contribution in [3.8, 4) is 0 Å². The van der Waals surface area contributed by atoms with Crippen molar-refractivity contribution < 1.29 is 14.3 Å². The third kappa shape index (κ3) is 5.48. The summed E-state index contributed by atoms with van der Waals surface area (Å²) in [4.78, 5) is 26.5. The molecule has 1 aliphatic heterocycles. The SMILES string of the molecule is CC[C@H](COC(=O)Nc1ccc(Cl)c(Cl)c1)N1C(=O)CS[C@H]1c1ccc(Cl)cc1Cl. The second kappa shape index (κ2) is 10.3. The van der Waals surface area contributed by atoms with Crippen LogP contribution in [0, 0.1) is 0 Å². The van der Waals surface area contributed by atoms with E-state index in [0.717, 1.165) is 5.56 Å². The molecule has 0 unspecified atom stereocenters. The molecule has 1 saturated heterocycles. The van der Waals surface area contributed by atoms with E-state index in [0.29, 0.717) is 38.0 Å². The van der Waals surface area contributed by atoms with Crippen LogP contribution in [0.2, 0.25) is 20.1 Å². The second-order valence-corrected chi connectivity index (χ2v) is 9.27. The molecule has 0 saturated carbocycles. The van der Waals surface area contributed by atoms with Crippen LogP contribution in [0.4, 0.5) is 10.5 Å². The summed E-state index contributed by atoms with van der Waals surface area (Å²) in [5, 5.41) is 4.06. The number of nitrogens with zero attached hydrogens (tertiary/aromatic N) is 1. The molecule has 1 N–H and O–H groups in total. The lowest BCUT2D eigenvalue weighted by molar-refractivity contribution is -0.131. The molecule has 1 aliphatic rings. The van der Waals surface area contributed by atoms with Gasteiger partial charge in [0.2, 0.25) is 5.91 Å². The van der Waals surface area contributed by atoms with Crippen LogP contribution in [-0.2, 0) is 9.53 Å². The van der Waals surface area contributed by atoms with Gasteiger partial charge in [0.15, 0.2) is 0 Å². The van der Waals surface area contributed by atoms with Crippen molar-refractivity contribution in [2.75, 3.05) is 17.7 Å². The summed E-state index contributed by atoms with van der Waals surface area (Å²) >= 11 is 25.7. The van der Waals surface area contributed by atoms with E-state index in [1.165, 1.54) is 17.8 Å². The van der Waals surface area contributed by atoms with Gasteiger partial charge in [-0.3, -0.25) is 10.1 Å². The van der Waals surface area contributed by atoms with E-state index in [-0.39, 0.29) is 23.9 Å². The fourth-order valence-corrected chi connectivity index (χ4v) is 5.23. The summed E-state index contributed by atoms with van der Waals surface area (Å²) in [6.07, 6.45) is -0.0409. The van der Waals surface area contributed by atoms with Gasteiger partial charge >= 0.3 is 6.09 Å². The third-order valence-electron chi connectivity index (χ3n) is 4.57. The monoisotopic (exact) mass is 506 g/mol. The van der Waals surface area contributed by atoms with Gasteiger partial charge in [-0.05, 0) is 36.8 Å². The predicted molar refractivity (Wildman–Crippen MR) is 124 cm³/mol. The van der Waals surface area contributed by atoms with Crippen LogP contribution in [0.1, 0.15) is 24.3 Å². The Hall–Kier alpha value is -1.31. The number of hydrogen-bond donors (Lipinski definition) is 1. The van der Waals surface area contributed by atoms with Crippen LogP contribution in [0.5, 0.6) is 0 Å². The first-order chi connectivity index (χ1) is 14.3. The number of anilines is 1. The quantitative estimate of drug-likeness (QED) is 0.461. The Labute approximate surface area is 198 Å². The van der Waals surface area contributed by atoms with Crippen LogP contribution in [0.25, 0.3) is 0 Å². The molecule has 2 amide bonds. The lowest BCUT2D eigenvalue weighted by Crippen LogP contribution is -2.41. The van der Waals surface area contributed by atoms with Crippen molar-refractivity contribution in [3.63, 3.8) is 0 Å². The Kier molecular flexibility index (Phi) is 8.04. The molecule has 3 rings (SSSR count). The Morgan fingerprint density at radius 3 is 2.60 bits per heavy atom. The van der Waals surface area contributed by atoms with Crippen molar-refractivity contribution in [1.29, 1.82) is 0 Å². The van der Waals surface area contributed by atoms with E-state index in [1.54, 1.807) is 29.2 Å². The molecule has 2 aromatic carbocycles. The van der Waals surface area contributed by atoms with Gasteiger partial charge in [0, 0.05) is 21.3 Å². The van der Waals surface area contributed by atoms with E-state index in [4.69, 9.17) is 51.1 Å². The lowest BCUT2D eigenvalue weighted by atomic mass is 10.1. The highest BCUT2D eigenvalue weighted by molar-refractivity contribution is 8.00. The van der Waals surface area contributed by atoms with Crippen LogP contribution < -0.4 is 5.32 Å². The molecule has 10 heteroatoms. The maximum Gasteiger partial charge on any atom is 0.411 e. The molecular weight excluding hydrogens is 490 g/mol. The first-order valence-corrected chi connectivity index (χ1v) is 11.6. The zero-order valence-corrected chi connectivity index (χ0v) is 19.7. The average Bonchev–Trinajstić information content (AvgIpc) is 3.07. The van der Waals surface area contributed by atoms with Crippen molar-refractivity contribution >= 4 is 75.9 Å². The van der Waals surface area contributed by atoms with Gasteiger partial charge in [-0.1, -0.05) is 59.4 Å². The molecule has 0 aromatic heterocycles. The lowest BCUT2D eigenvalue weighted by Gasteiger charge is -2.32. The fraction of sp³-hybridized carbons (Fsp3) is 0.300. The number of carbonyl (C=O) groups is 2. The number of carbonyl (C=O) groups excluding carboxylic acids is 2. The molecule has 5 nitrogen and oxygen atoms in total. The van der Waals surface area contributed by atoms with Gasteiger partial charge in [0.25, 0.3) is 0 Å². The minimum absolute atomic E-state index is 0.0312. The van der Waals surface area contributed by atoms with Crippen molar-refractivity contribution in [3.05, 3.63) is 62.1 Å². The van der Waals surface area contributed by atoms with Crippen molar-refractivity contribution in [2.24, 2.45) is 0 Å². The van der Waals surface area contributed by atoms with E-state index in [9.17, 15) is 9.59 Å². The standard InChI is InChI=1S/C20H18Cl4N2O3S/c1-2-13(9-29-20(28)25-12-4-6-15(22)17(24)8-12)26-18(27)10-30-19(26)14-5-3-11(21)7-16(14)23/h3-8,13,19H,2,9-10H2,1H3,(H,25,28)/t13-,19+/m1/s1. The highest BCUT2D eigenvalue weighted by Gasteiger charge is 2.38. The minimum Gasteiger partial charge on any atom is -0.447 e. The summed E-state index contributed by atoms with van der Waals surface area (Å²) in [6.45, 7) is 1.97. The summed E-state index contributed by atoms with van der Waals surface area (Å²) in [6, 6.07) is 9.64. The zero-order chi connectivity index (χ0) is 21.8. The largest absolute Gasteiger partial charge is 0.447 e. The Morgan fingerprint density at radius 1 is 1.17 bits per heavy atom. The first-order valence-electron chi connectivity index (χ1n) is 9.06. The van der Waals surface area contributed by atoms with Crippen molar-refractivity contribution in [1.82, 2.24) is 4.90 Å². The minimum atomic E-state index is -0.646. The molecule has 160 valence electrons. The Balaban J connectivity index is 1.68. The highest BCUT2D eigenvalue weighted by atomic mass is 35.5.